The molecule has 1 fully saturated rings. The van der Waals surface area contributed by atoms with Crippen molar-refractivity contribution in [1.82, 2.24) is 9.80 Å². The molecule has 162 valence electrons. The normalized spacial score (nSPS) is 17.3. The molecule has 4 N–H and O–H groups in total. The lowest BCUT2D eigenvalue weighted by Crippen LogP contribution is -2.54. The lowest BCUT2D eigenvalue weighted by Gasteiger charge is -2.41. The highest BCUT2D eigenvalue weighted by atomic mass is 19.4. The molecule has 2 amide bonds. The van der Waals surface area contributed by atoms with Gasteiger partial charge in [0, 0.05) is 25.7 Å². The predicted molar refractivity (Wildman–Crippen MR) is 104 cm³/mol. The van der Waals surface area contributed by atoms with E-state index in [1.807, 2.05) is 0 Å². The van der Waals surface area contributed by atoms with Crippen LogP contribution in [0.2, 0.25) is 0 Å². The van der Waals surface area contributed by atoms with E-state index in [1.54, 1.807) is 20.8 Å². The fraction of sp³-hybridized carbons (Fsp3) is 0.579. The summed E-state index contributed by atoms with van der Waals surface area (Å²) in [6, 6.07) is 0.978. The number of carbonyl (C=O) groups excluding carboxylic acids is 1. The number of nitrogen functional groups attached to an aromatic ring is 1. The molecule has 1 atom stereocenters. The Balaban J connectivity index is 2.48. The number of rotatable bonds is 5. The molecule has 0 aromatic heterocycles. The van der Waals surface area contributed by atoms with Crippen LogP contribution in [0.4, 0.5) is 29.3 Å². The van der Waals surface area contributed by atoms with Gasteiger partial charge in [-0.1, -0.05) is 0 Å². The molecule has 1 heterocycles. The minimum Gasteiger partial charge on any atom is -0.465 e. The highest BCUT2D eigenvalue weighted by Crippen LogP contribution is 2.37. The predicted octanol–water partition coefficient (Wildman–Crippen LogP) is 3.71. The summed E-state index contributed by atoms with van der Waals surface area (Å²) < 4.78 is 41.1. The van der Waals surface area contributed by atoms with Crippen LogP contribution >= 0.6 is 0 Å². The standard InChI is InChI=1S/C19H27F3N4O3/c1-4-24-16-9-14(19(20,21)22)13(8-15(16)23)17(27)26(11(2)3)12-6-5-7-25(10-12)18(28)29/h8-9,11-12,24H,4-7,10,23H2,1-3H3,(H,28,29)/t12-/m1/s1. The second-order valence-electron chi connectivity index (χ2n) is 7.34. The minimum absolute atomic E-state index is 0.0442. The molecule has 29 heavy (non-hydrogen) atoms. The molecule has 1 saturated heterocycles. The second-order valence-corrected chi connectivity index (χ2v) is 7.34. The maximum atomic E-state index is 13.7. The Morgan fingerprint density at radius 1 is 1.38 bits per heavy atom. The number of hydrogen-bond donors (Lipinski definition) is 3. The number of carbonyl (C=O) groups is 2. The molecule has 1 aliphatic rings. The first-order valence-electron chi connectivity index (χ1n) is 9.52. The minimum atomic E-state index is -4.74. The van der Waals surface area contributed by atoms with Gasteiger partial charge in [-0.3, -0.25) is 4.79 Å². The smallest absolute Gasteiger partial charge is 0.417 e. The van der Waals surface area contributed by atoms with E-state index < -0.39 is 41.4 Å². The summed E-state index contributed by atoms with van der Waals surface area (Å²) in [6.07, 6.45) is -4.81. The monoisotopic (exact) mass is 416 g/mol. The van der Waals surface area contributed by atoms with Crippen molar-refractivity contribution in [1.29, 1.82) is 0 Å². The van der Waals surface area contributed by atoms with Crippen LogP contribution < -0.4 is 11.1 Å². The maximum absolute atomic E-state index is 13.7. The molecule has 0 bridgehead atoms. The van der Waals surface area contributed by atoms with Crippen molar-refractivity contribution >= 4 is 23.4 Å². The second kappa shape index (κ2) is 8.79. The first kappa shape index (κ1) is 22.6. The number of halogens is 3. The van der Waals surface area contributed by atoms with Crippen LogP contribution in [-0.4, -0.2) is 58.6 Å². The molecule has 1 aromatic rings. The van der Waals surface area contributed by atoms with Crippen molar-refractivity contribution in [2.45, 2.75) is 51.9 Å². The van der Waals surface area contributed by atoms with Crippen molar-refractivity contribution in [3.05, 3.63) is 23.3 Å². The Hall–Kier alpha value is -2.65. The van der Waals surface area contributed by atoms with E-state index in [0.717, 1.165) is 12.1 Å². The van der Waals surface area contributed by atoms with E-state index in [4.69, 9.17) is 5.73 Å². The zero-order chi connectivity index (χ0) is 21.9. The van der Waals surface area contributed by atoms with Gasteiger partial charge in [0.15, 0.2) is 0 Å². The van der Waals surface area contributed by atoms with Gasteiger partial charge in [0.05, 0.1) is 28.5 Å². The van der Waals surface area contributed by atoms with Crippen molar-refractivity contribution in [2.75, 3.05) is 30.7 Å². The van der Waals surface area contributed by atoms with Crippen LogP contribution in [0.25, 0.3) is 0 Å². The summed E-state index contributed by atoms with van der Waals surface area (Å²) in [5, 5.41) is 12.0. The summed E-state index contributed by atoms with van der Waals surface area (Å²) in [5.41, 5.74) is 4.45. The topological polar surface area (TPSA) is 98.9 Å². The van der Waals surface area contributed by atoms with Crippen molar-refractivity contribution in [2.24, 2.45) is 0 Å². The van der Waals surface area contributed by atoms with Gasteiger partial charge in [-0.05, 0) is 45.7 Å². The van der Waals surface area contributed by atoms with Gasteiger partial charge in [-0.25, -0.2) is 4.79 Å². The number of carboxylic acid groups (broad SMARTS) is 1. The number of piperidine rings is 1. The fourth-order valence-corrected chi connectivity index (χ4v) is 3.69. The zero-order valence-corrected chi connectivity index (χ0v) is 16.7. The first-order chi connectivity index (χ1) is 13.5. The molecule has 0 unspecified atom stereocenters. The molecule has 7 nitrogen and oxygen atoms in total. The molecular weight excluding hydrogens is 389 g/mol. The highest BCUT2D eigenvalue weighted by molar-refractivity contribution is 5.98. The van der Waals surface area contributed by atoms with E-state index in [9.17, 15) is 27.9 Å². The Bertz CT molecular complexity index is 768. The average Bonchev–Trinajstić information content (AvgIpc) is 2.62. The fourth-order valence-electron chi connectivity index (χ4n) is 3.69. The summed E-state index contributed by atoms with van der Waals surface area (Å²) in [6.45, 7) is 5.89. The van der Waals surface area contributed by atoms with Gasteiger partial charge < -0.3 is 26.0 Å². The van der Waals surface area contributed by atoms with E-state index in [2.05, 4.69) is 5.32 Å². The lowest BCUT2D eigenvalue weighted by atomic mass is 9.98. The van der Waals surface area contributed by atoms with E-state index in [0.29, 0.717) is 25.9 Å². The van der Waals surface area contributed by atoms with Crippen LogP contribution in [0.3, 0.4) is 0 Å². The number of amides is 2. The number of anilines is 2. The van der Waals surface area contributed by atoms with Crippen LogP contribution in [0.5, 0.6) is 0 Å². The molecule has 1 aliphatic heterocycles. The molecule has 2 rings (SSSR count). The highest BCUT2D eigenvalue weighted by Gasteiger charge is 2.39. The SMILES string of the molecule is CCNc1cc(C(F)(F)F)c(C(=O)N(C(C)C)[C@@H]2CCCN(C(=O)O)C2)cc1N. The van der Waals surface area contributed by atoms with Gasteiger partial charge in [0.1, 0.15) is 0 Å². The summed E-state index contributed by atoms with van der Waals surface area (Å²) in [4.78, 5) is 27.1. The van der Waals surface area contributed by atoms with Gasteiger partial charge in [-0.15, -0.1) is 0 Å². The number of nitrogens with two attached hydrogens (primary N) is 1. The molecule has 0 saturated carbocycles. The molecule has 1 aromatic carbocycles. The van der Waals surface area contributed by atoms with E-state index in [-0.39, 0.29) is 17.9 Å². The van der Waals surface area contributed by atoms with Crippen LogP contribution in [0, 0.1) is 0 Å². The number of hydrogen-bond acceptors (Lipinski definition) is 4. The van der Waals surface area contributed by atoms with Gasteiger partial charge >= 0.3 is 12.3 Å². The van der Waals surface area contributed by atoms with Gasteiger partial charge in [0.2, 0.25) is 0 Å². The summed E-state index contributed by atoms with van der Waals surface area (Å²) in [5.74, 6) is -0.806. The quantitative estimate of drug-likeness (QED) is 0.636. The number of benzene rings is 1. The molecular formula is C19H27F3N4O3. The molecule has 10 heteroatoms. The Morgan fingerprint density at radius 3 is 2.55 bits per heavy atom. The third-order valence-corrected chi connectivity index (χ3v) is 4.94. The number of alkyl halides is 3. The molecule has 0 radical (unpaired) electrons. The molecule has 0 aliphatic carbocycles. The summed E-state index contributed by atoms with van der Waals surface area (Å²) >= 11 is 0. The average molecular weight is 416 g/mol. The van der Waals surface area contributed by atoms with Crippen molar-refractivity contribution < 1.29 is 27.9 Å². The zero-order valence-electron chi connectivity index (χ0n) is 16.7. The lowest BCUT2D eigenvalue weighted by molar-refractivity contribution is -0.138. The number of nitrogens with zero attached hydrogens (tertiary/aromatic N) is 2. The number of likely N-dealkylation sites (tertiary alicyclic amines) is 1. The van der Waals surface area contributed by atoms with Crippen LogP contribution in [0.15, 0.2) is 12.1 Å². The van der Waals surface area contributed by atoms with Gasteiger partial charge in [0.25, 0.3) is 5.91 Å². The third kappa shape index (κ3) is 5.04. The van der Waals surface area contributed by atoms with E-state index >= 15 is 0 Å². The number of nitrogens with one attached hydrogen (secondary N) is 1. The van der Waals surface area contributed by atoms with Gasteiger partial charge in [-0.2, -0.15) is 13.2 Å². The Labute approximate surface area is 167 Å². The maximum Gasteiger partial charge on any atom is 0.417 e. The largest absolute Gasteiger partial charge is 0.465 e. The van der Waals surface area contributed by atoms with Crippen LogP contribution in [-0.2, 0) is 6.18 Å². The van der Waals surface area contributed by atoms with Crippen molar-refractivity contribution in [3.63, 3.8) is 0 Å². The molecule has 0 spiro atoms. The van der Waals surface area contributed by atoms with E-state index in [1.165, 1.54) is 9.80 Å². The summed E-state index contributed by atoms with van der Waals surface area (Å²) in [7, 11) is 0. The Kier molecular flexibility index (Phi) is 6.86. The third-order valence-electron chi connectivity index (χ3n) is 4.94. The first-order valence-corrected chi connectivity index (χ1v) is 9.52. The van der Waals surface area contributed by atoms with Crippen molar-refractivity contribution in [3.8, 4) is 0 Å². The van der Waals surface area contributed by atoms with Crippen LogP contribution in [0.1, 0.15) is 49.5 Å². The Morgan fingerprint density at radius 2 is 2.03 bits per heavy atom.